The van der Waals surface area contributed by atoms with Gasteiger partial charge in [0, 0.05) is 26.1 Å². The molecule has 26 heavy (non-hydrogen) atoms. The molecule has 3 aromatic carbocycles. The van der Waals surface area contributed by atoms with E-state index in [1.165, 1.54) is 16.3 Å². The molecule has 1 amide bonds. The molecule has 1 aliphatic heterocycles. The van der Waals surface area contributed by atoms with E-state index >= 15 is 0 Å². The molecule has 0 spiro atoms. The van der Waals surface area contributed by atoms with E-state index in [1.54, 1.807) is 11.0 Å². The number of carbonyl (C=O) groups excluding carboxylic acids is 1. The van der Waals surface area contributed by atoms with Crippen LogP contribution in [0.1, 0.15) is 16.7 Å². The van der Waals surface area contributed by atoms with E-state index in [2.05, 4.69) is 36.4 Å². The Kier molecular flexibility index (Phi) is 4.44. The lowest BCUT2D eigenvalue weighted by atomic mass is 10.1. The highest BCUT2D eigenvalue weighted by Crippen LogP contribution is 2.26. The zero-order chi connectivity index (χ0) is 17.9. The monoisotopic (exact) mass is 343 g/mol. The summed E-state index contributed by atoms with van der Waals surface area (Å²) in [6.45, 7) is 1.34. The van der Waals surface area contributed by atoms with E-state index in [1.807, 2.05) is 37.4 Å². The Morgan fingerprint density at radius 2 is 1.92 bits per heavy atom. The fourth-order valence-corrected chi connectivity index (χ4v) is 3.29. The van der Waals surface area contributed by atoms with Crippen LogP contribution in [0.2, 0.25) is 0 Å². The summed E-state index contributed by atoms with van der Waals surface area (Å²) in [5.41, 5.74) is 3.37. The number of hydrogen-bond donors (Lipinski definition) is 0. The molecule has 0 radical (unpaired) electrons. The van der Waals surface area contributed by atoms with Gasteiger partial charge in [-0.25, -0.2) is 0 Å². The van der Waals surface area contributed by atoms with Crippen molar-refractivity contribution >= 4 is 22.8 Å². The fraction of sp³-hybridized carbons (Fsp3) is 0.174. The molecular formula is C23H21NO2. The molecule has 0 fully saturated rings. The molecule has 1 aliphatic rings. The Balaban J connectivity index is 1.43. The summed E-state index contributed by atoms with van der Waals surface area (Å²) >= 11 is 0. The summed E-state index contributed by atoms with van der Waals surface area (Å²) in [6.07, 6.45) is 4.45. The van der Waals surface area contributed by atoms with Gasteiger partial charge in [0.15, 0.2) is 0 Å². The van der Waals surface area contributed by atoms with Crippen molar-refractivity contribution in [1.29, 1.82) is 0 Å². The zero-order valence-corrected chi connectivity index (χ0v) is 14.8. The van der Waals surface area contributed by atoms with E-state index < -0.39 is 0 Å². The number of benzene rings is 3. The predicted octanol–water partition coefficient (Wildman–Crippen LogP) is 4.45. The van der Waals surface area contributed by atoms with Gasteiger partial charge in [-0.15, -0.1) is 0 Å². The lowest BCUT2D eigenvalue weighted by Crippen LogP contribution is -2.24. The lowest BCUT2D eigenvalue weighted by molar-refractivity contribution is -0.125. The van der Waals surface area contributed by atoms with Gasteiger partial charge in [-0.2, -0.15) is 0 Å². The van der Waals surface area contributed by atoms with Crippen LogP contribution in [0.25, 0.3) is 16.8 Å². The van der Waals surface area contributed by atoms with Gasteiger partial charge < -0.3 is 9.64 Å². The van der Waals surface area contributed by atoms with E-state index in [9.17, 15) is 4.79 Å². The minimum atomic E-state index is -0.00472. The summed E-state index contributed by atoms with van der Waals surface area (Å²) < 4.78 is 5.51. The Hall–Kier alpha value is -3.07. The molecular weight excluding hydrogens is 322 g/mol. The maximum absolute atomic E-state index is 12.4. The summed E-state index contributed by atoms with van der Waals surface area (Å²) in [4.78, 5) is 14.2. The molecule has 4 rings (SSSR count). The maximum atomic E-state index is 12.4. The van der Waals surface area contributed by atoms with Gasteiger partial charge in [0.2, 0.25) is 5.91 Å². The first-order valence-electron chi connectivity index (χ1n) is 8.86. The molecule has 130 valence electrons. The van der Waals surface area contributed by atoms with Crippen molar-refractivity contribution in [3.8, 4) is 5.75 Å². The average molecular weight is 343 g/mol. The molecule has 0 aliphatic carbocycles. The number of rotatable bonds is 4. The third kappa shape index (κ3) is 3.47. The largest absolute Gasteiger partial charge is 0.493 e. The molecule has 0 atom stereocenters. The van der Waals surface area contributed by atoms with Crippen LogP contribution in [0.15, 0.2) is 66.7 Å². The highest BCUT2D eigenvalue weighted by Gasteiger charge is 2.11. The zero-order valence-electron chi connectivity index (χ0n) is 14.8. The maximum Gasteiger partial charge on any atom is 0.246 e. The third-order valence-electron chi connectivity index (χ3n) is 4.74. The Bertz CT molecular complexity index is 990. The Morgan fingerprint density at radius 3 is 2.81 bits per heavy atom. The number of fused-ring (bicyclic) bond motifs is 2. The first-order chi connectivity index (χ1) is 12.7. The Morgan fingerprint density at radius 1 is 1.08 bits per heavy atom. The summed E-state index contributed by atoms with van der Waals surface area (Å²) in [5, 5.41) is 2.41. The van der Waals surface area contributed by atoms with Gasteiger partial charge in [0.05, 0.1) is 6.61 Å². The van der Waals surface area contributed by atoms with Crippen LogP contribution in [0, 0.1) is 0 Å². The number of hydrogen-bond acceptors (Lipinski definition) is 2. The van der Waals surface area contributed by atoms with E-state index in [0.29, 0.717) is 6.54 Å². The number of carbonyl (C=O) groups is 1. The smallest absolute Gasteiger partial charge is 0.246 e. The van der Waals surface area contributed by atoms with Gasteiger partial charge in [-0.1, -0.05) is 42.5 Å². The predicted molar refractivity (Wildman–Crippen MR) is 105 cm³/mol. The number of amides is 1. The molecule has 3 heteroatoms. The van der Waals surface area contributed by atoms with Crippen molar-refractivity contribution in [2.45, 2.75) is 13.0 Å². The quantitative estimate of drug-likeness (QED) is 0.655. The van der Waals surface area contributed by atoms with Crippen molar-refractivity contribution < 1.29 is 9.53 Å². The molecule has 0 saturated heterocycles. The van der Waals surface area contributed by atoms with Gasteiger partial charge in [0.25, 0.3) is 0 Å². The standard InChI is InChI=1S/C23H21NO2/c1-24(16-18-6-9-19-4-2-3-5-20(19)15-18)23(25)11-8-17-7-10-22-21(14-17)12-13-26-22/h2-11,14-15H,12-13,16H2,1H3/b11-8+. The van der Waals surface area contributed by atoms with Crippen LogP contribution in [0.3, 0.4) is 0 Å². The summed E-state index contributed by atoms with van der Waals surface area (Å²) in [5.74, 6) is 0.955. The second-order valence-corrected chi connectivity index (χ2v) is 6.67. The van der Waals surface area contributed by atoms with Gasteiger partial charge in [-0.3, -0.25) is 4.79 Å². The van der Waals surface area contributed by atoms with Gasteiger partial charge in [-0.05, 0) is 51.7 Å². The molecule has 1 heterocycles. The van der Waals surface area contributed by atoms with Crippen LogP contribution < -0.4 is 4.74 Å². The molecule has 0 N–H and O–H groups in total. The summed E-state index contributed by atoms with van der Waals surface area (Å²) in [7, 11) is 1.83. The fourth-order valence-electron chi connectivity index (χ4n) is 3.29. The van der Waals surface area contributed by atoms with Crippen LogP contribution in [-0.4, -0.2) is 24.5 Å². The third-order valence-corrected chi connectivity index (χ3v) is 4.74. The molecule has 0 unspecified atom stereocenters. The van der Waals surface area contributed by atoms with Crippen LogP contribution in [0.4, 0.5) is 0 Å². The molecule has 0 saturated carbocycles. The van der Waals surface area contributed by atoms with E-state index in [0.717, 1.165) is 29.9 Å². The number of likely N-dealkylation sites (N-methyl/N-ethyl adjacent to an activating group) is 1. The number of nitrogens with zero attached hydrogens (tertiary/aromatic N) is 1. The van der Waals surface area contributed by atoms with Crippen LogP contribution in [0.5, 0.6) is 5.75 Å². The van der Waals surface area contributed by atoms with E-state index in [4.69, 9.17) is 4.74 Å². The highest BCUT2D eigenvalue weighted by molar-refractivity contribution is 5.91. The first-order valence-corrected chi connectivity index (χ1v) is 8.86. The topological polar surface area (TPSA) is 29.5 Å². The normalized spacial score (nSPS) is 13.0. The molecule has 0 aromatic heterocycles. The van der Waals surface area contributed by atoms with Crippen molar-refractivity contribution in [1.82, 2.24) is 4.90 Å². The van der Waals surface area contributed by atoms with Crippen molar-refractivity contribution in [2.75, 3.05) is 13.7 Å². The van der Waals surface area contributed by atoms with Crippen molar-refractivity contribution in [2.24, 2.45) is 0 Å². The second-order valence-electron chi connectivity index (χ2n) is 6.67. The minimum absolute atomic E-state index is 0.00472. The van der Waals surface area contributed by atoms with Gasteiger partial charge in [0.1, 0.15) is 5.75 Å². The lowest BCUT2D eigenvalue weighted by Gasteiger charge is -2.15. The van der Waals surface area contributed by atoms with Crippen LogP contribution >= 0.6 is 0 Å². The van der Waals surface area contributed by atoms with Gasteiger partial charge >= 0.3 is 0 Å². The number of ether oxygens (including phenoxy) is 1. The molecule has 3 nitrogen and oxygen atoms in total. The van der Waals surface area contributed by atoms with Crippen molar-refractivity contribution in [3.05, 3.63) is 83.4 Å². The Labute approximate surface area is 153 Å². The average Bonchev–Trinajstić information content (AvgIpc) is 3.13. The molecule has 3 aromatic rings. The van der Waals surface area contributed by atoms with Crippen molar-refractivity contribution in [3.63, 3.8) is 0 Å². The first kappa shape index (κ1) is 16.4. The summed E-state index contributed by atoms with van der Waals surface area (Å²) in [6, 6.07) is 20.6. The molecule has 0 bridgehead atoms. The second kappa shape index (κ2) is 7.04. The minimum Gasteiger partial charge on any atom is -0.493 e. The van der Waals surface area contributed by atoms with Crippen LogP contribution in [-0.2, 0) is 17.8 Å². The SMILES string of the molecule is CN(Cc1ccc2ccccc2c1)C(=O)/C=C/c1ccc2c(c1)CCO2. The van der Waals surface area contributed by atoms with E-state index in [-0.39, 0.29) is 5.91 Å². The highest BCUT2D eigenvalue weighted by atomic mass is 16.5.